The van der Waals surface area contributed by atoms with E-state index in [1.54, 1.807) is 17.6 Å². The third-order valence-electron chi connectivity index (χ3n) is 1.55. The van der Waals surface area contributed by atoms with Crippen LogP contribution in [0.15, 0.2) is 12.1 Å². The van der Waals surface area contributed by atoms with Crippen molar-refractivity contribution in [3.05, 3.63) is 21.5 Å². The zero-order valence-corrected chi connectivity index (χ0v) is 9.16. The van der Waals surface area contributed by atoms with Gasteiger partial charge in [-0.15, -0.1) is 0 Å². The monoisotopic (exact) mass is 279 g/mol. The van der Waals surface area contributed by atoms with Gasteiger partial charge in [0.2, 0.25) is 0 Å². The first-order valence-electron chi connectivity index (χ1n) is 3.65. The number of ether oxygens (including phenoxy) is 1. The van der Waals surface area contributed by atoms with Gasteiger partial charge >= 0.3 is 5.97 Å². The van der Waals surface area contributed by atoms with Crippen LogP contribution in [-0.4, -0.2) is 17.1 Å². The number of carbonyl (C=O) groups excluding carboxylic acids is 1. The molecule has 0 saturated heterocycles. The van der Waals surface area contributed by atoms with Crippen LogP contribution in [-0.2, 0) is 11.8 Å². The van der Waals surface area contributed by atoms with Crippen molar-refractivity contribution in [2.45, 2.75) is 6.92 Å². The molecule has 0 saturated carbocycles. The van der Waals surface area contributed by atoms with E-state index in [0.717, 1.165) is 3.70 Å². The Balaban J connectivity index is 2.88. The van der Waals surface area contributed by atoms with Crippen molar-refractivity contribution in [2.24, 2.45) is 7.05 Å². The van der Waals surface area contributed by atoms with Crippen LogP contribution in [0.3, 0.4) is 0 Å². The molecule has 0 amide bonds. The number of nitrogens with zero attached hydrogens (tertiary/aromatic N) is 1. The van der Waals surface area contributed by atoms with Gasteiger partial charge in [0.1, 0.15) is 5.69 Å². The second-order valence-corrected chi connectivity index (χ2v) is 3.43. The molecular weight excluding hydrogens is 269 g/mol. The molecule has 0 aliphatic rings. The first-order valence-corrected chi connectivity index (χ1v) is 4.73. The topological polar surface area (TPSA) is 31.2 Å². The summed E-state index contributed by atoms with van der Waals surface area (Å²) in [7, 11) is 1.84. The van der Waals surface area contributed by atoms with Crippen LogP contribution in [0, 0.1) is 3.70 Å². The molecule has 0 N–H and O–H groups in total. The van der Waals surface area contributed by atoms with Crippen molar-refractivity contribution in [3.63, 3.8) is 0 Å². The van der Waals surface area contributed by atoms with E-state index in [4.69, 9.17) is 4.74 Å². The molecule has 0 aliphatic heterocycles. The first kappa shape index (κ1) is 9.57. The molecule has 1 aromatic heterocycles. The minimum Gasteiger partial charge on any atom is -0.461 e. The third-order valence-corrected chi connectivity index (χ3v) is 2.63. The molecule has 12 heavy (non-hydrogen) atoms. The zero-order valence-electron chi connectivity index (χ0n) is 7.00. The Morgan fingerprint density at radius 1 is 1.67 bits per heavy atom. The van der Waals surface area contributed by atoms with Gasteiger partial charge in [0.25, 0.3) is 0 Å². The van der Waals surface area contributed by atoms with Gasteiger partial charge in [-0.25, -0.2) is 4.79 Å². The first-order chi connectivity index (χ1) is 5.66. The summed E-state index contributed by atoms with van der Waals surface area (Å²) in [5, 5.41) is 0. The van der Waals surface area contributed by atoms with Gasteiger partial charge in [0.15, 0.2) is 0 Å². The maximum absolute atomic E-state index is 11.2. The summed E-state index contributed by atoms with van der Waals surface area (Å²) < 4.78 is 7.69. The van der Waals surface area contributed by atoms with E-state index >= 15 is 0 Å². The van der Waals surface area contributed by atoms with Gasteiger partial charge in [-0.1, -0.05) is 0 Å². The quantitative estimate of drug-likeness (QED) is 0.610. The summed E-state index contributed by atoms with van der Waals surface area (Å²) in [6.45, 7) is 2.21. The van der Waals surface area contributed by atoms with Crippen molar-refractivity contribution < 1.29 is 9.53 Å². The highest BCUT2D eigenvalue weighted by Crippen LogP contribution is 2.10. The molecule has 1 aromatic rings. The van der Waals surface area contributed by atoms with E-state index in [1.807, 2.05) is 13.1 Å². The van der Waals surface area contributed by atoms with Crippen LogP contribution in [0.5, 0.6) is 0 Å². The molecule has 0 radical (unpaired) electrons. The van der Waals surface area contributed by atoms with Crippen LogP contribution in [0.1, 0.15) is 17.4 Å². The molecule has 1 rings (SSSR count). The second-order valence-electron chi connectivity index (χ2n) is 2.32. The molecule has 0 fully saturated rings. The summed E-state index contributed by atoms with van der Waals surface area (Å²) >= 11 is 2.16. The summed E-state index contributed by atoms with van der Waals surface area (Å²) in [5.74, 6) is -0.261. The molecule has 0 aromatic carbocycles. The minimum absolute atomic E-state index is 0.261. The maximum atomic E-state index is 11.2. The summed E-state index contributed by atoms with van der Waals surface area (Å²) in [6.07, 6.45) is 0. The predicted molar refractivity (Wildman–Crippen MR) is 54.1 cm³/mol. The van der Waals surface area contributed by atoms with E-state index < -0.39 is 0 Å². The molecule has 0 unspecified atom stereocenters. The Morgan fingerprint density at radius 2 is 2.33 bits per heavy atom. The van der Waals surface area contributed by atoms with Crippen LogP contribution in [0.25, 0.3) is 0 Å². The van der Waals surface area contributed by atoms with Gasteiger partial charge in [0.05, 0.1) is 10.3 Å². The maximum Gasteiger partial charge on any atom is 0.354 e. The van der Waals surface area contributed by atoms with Gasteiger partial charge in [-0.3, -0.25) is 0 Å². The standard InChI is InChI=1S/C8H10INO2/c1-3-12-8(11)6-4-5-7(9)10(6)2/h4-5H,3H2,1-2H3. The highest BCUT2D eigenvalue weighted by Gasteiger charge is 2.11. The number of aromatic nitrogens is 1. The van der Waals surface area contributed by atoms with Crippen molar-refractivity contribution in [2.75, 3.05) is 6.61 Å². The zero-order chi connectivity index (χ0) is 9.14. The smallest absolute Gasteiger partial charge is 0.354 e. The van der Waals surface area contributed by atoms with Crippen molar-refractivity contribution in [1.82, 2.24) is 4.57 Å². The molecule has 0 aliphatic carbocycles. The van der Waals surface area contributed by atoms with E-state index in [0.29, 0.717) is 12.3 Å². The molecule has 1 heterocycles. The average molecular weight is 279 g/mol. The highest BCUT2D eigenvalue weighted by molar-refractivity contribution is 14.1. The molecular formula is C8H10INO2. The van der Waals surface area contributed by atoms with Gasteiger partial charge in [-0.2, -0.15) is 0 Å². The number of hydrogen-bond donors (Lipinski definition) is 0. The number of carbonyl (C=O) groups is 1. The Hall–Kier alpha value is -0.520. The molecule has 4 heteroatoms. The average Bonchev–Trinajstić information content (AvgIpc) is 2.34. The van der Waals surface area contributed by atoms with Crippen molar-refractivity contribution in [1.29, 1.82) is 0 Å². The summed E-state index contributed by atoms with van der Waals surface area (Å²) in [5.41, 5.74) is 0.598. The van der Waals surface area contributed by atoms with Crippen LogP contribution >= 0.6 is 22.6 Å². The van der Waals surface area contributed by atoms with Gasteiger partial charge in [0, 0.05) is 7.05 Å². The molecule has 66 valence electrons. The highest BCUT2D eigenvalue weighted by atomic mass is 127. The fraction of sp³-hybridized carbons (Fsp3) is 0.375. The Morgan fingerprint density at radius 3 is 2.75 bits per heavy atom. The Labute approximate surface area is 84.8 Å². The van der Waals surface area contributed by atoms with E-state index in [-0.39, 0.29) is 5.97 Å². The lowest BCUT2D eigenvalue weighted by Crippen LogP contribution is -2.10. The summed E-state index contributed by atoms with van der Waals surface area (Å²) in [4.78, 5) is 11.2. The lowest BCUT2D eigenvalue weighted by molar-refractivity contribution is 0.0515. The molecule has 3 nitrogen and oxygen atoms in total. The fourth-order valence-electron chi connectivity index (χ4n) is 0.896. The third kappa shape index (κ3) is 1.80. The van der Waals surface area contributed by atoms with E-state index in [9.17, 15) is 4.79 Å². The minimum atomic E-state index is -0.261. The Kier molecular flexibility index (Phi) is 3.13. The van der Waals surface area contributed by atoms with Gasteiger partial charge in [-0.05, 0) is 41.6 Å². The second kappa shape index (κ2) is 3.93. The predicted octanol–water partition coefficient (Wildman–Crippen LogP) is 1.81. The van der Waals surface area contributed by atoms with E-state index in [2.05, 4.69) is 22.6 Å². The number of rotatable bonds is 2. The fourth-order valence-corrected chi connectivity index (χ4v) is 1.34. The lowest BCUT2D eigenvalue weighted by Gasteiger charge is -2.02. The van der Waals surface area contributed by atoms with Crippen LogP contribution < -0.4 is 0 Å². The van der Waals surface area contributed by atoms with Gasteiger partial charge < -0.3 is 9.30 Å². The SMILES string of the molecule is CCOC(=O)c1ccc(I)n1C. The lowest BCUT2D eigenvalue weighted by atomic mass is 10.4. The molecule has 0 atom stereocenters. The number of esters is 1. The number of halogens is 1. The number of hydrogen-bond acceptors (Lipinski definition) is 2. The molecule has 0 spiro atoms. The normalized spacial score (nSPS) is 9.92. The van der Waals surface area contributed by atoms with Crippen molar-refractivity contribution in [3.8, 4) is 0 Å². The largest absolute Gasteiger partial charge is 0.461 e. The summed E-state index contributed by atoms with van der Waals surface area (Å²) in [6, 6.07) is 3.65. The Bertz CT molecular complexity index is 293. The van der Waals surface area contributed by atoms with Crippen LogP contribution in [0.2, 0.25) is 0 Å². The molecule has 0 bridgehead atoms. The van der Waals surface area contributed by atoms with E-state index in [1.165, 1.54) is 0 Å². The van der Waals surface area contributed by atoms with Crippen molar-refractivity contribution >= 4 is 28.6 Å². The van der Waals surface area contributed by atoms with Crippen LogP contribution in [0.4, 0.5) is 0 Å².